The van der Waals surface area contributed by atoms with Crippen LogP contribution in [0.2, 0.25) is 5.02 Å². The smallest absolute Gasteiger partial charge is 0.194 e. The van der Waals surface area contributed by atoms with E-state index in [1.165, 1.54) is 6.20 Å². The molecule has 1 aromatic carbocycles. The van der Waals surface area contributed by atoms with E-state index in [0.29, 0.717) is 10.6 Å². The maximum atomic E-state index is 13.2. The van der Waals surface area contributed by atoms with Crippen molar-refractivity contribution in [2.24, 2.45) is 5.84 Å². The second-order valence-corrected chi connectivity index (χ2v) is 4.60. The van der Waals surface area contributed by atoms with Gasteiger partial charge >= 0.3 is 0 Å². The highest BCUT2D eigenvalue weighted by Crippen LogP contribution is 2.24. The first-order valence-electron chi connectivity index (χ1n) is 5.72. The highest BCUT2D eigenvalue weighted by atomic mass is 35.5. The van der Waals surface area contributed by atoms with E-state index in [4.69, 9.17) is 17.4 Å². The summed E-state index contributed by atoms with van der Waals surface area (Å²) in [6.07, 6.45) is 3.28. The van der Waals surface area contributed by atoms with Crippen molar-refractivity contribution in [1.82, 2.24) is 10.4 Å². The molecule has 0 aliphatic carbocycles. The molecular weight excluding hydrogens is 291 g/mol. The number of pyridine rings is 1. The lowest BCUT2D eigenvalue weighted by Gasteiger charge is -2.17. The summed E-state index contributed by atoms with van der Waals surface area (Å²) in [6, 6.07) is 2.86. The lowest BCUT2D eigenvalue weighted by atomic mass is 9.99. The van der Waals surface area contributed by atoms with Crippen LogP contribution in [-0.4, -0.2) is 4.98 Å². The largest absolute Gasteiger partial charge is 0.271 e. The molecule has 2 aromatic rings. The van der Waals surface area contributed by atoms with Gasteiger partial charge in [0, 0.05) is 12.4 Å². The lowest BCUT2D eigenvalue weighted by molar-refractivity contribution is 0.439. The first kappa shape index (κ1) is 14.8. The zero-order valence-corrected chi connectivity index (χ0v) is 11.0. The summed E-state index contributed by atoms with van der Waals surface area (Å²) in [5.74, 6) is 1.36. The zero-order valence-electron chi connectivity index (χ0n) is 10.2. The van der Waals surface area contributed by atoms with Crippen LogP contribution in [0.1, 0.15) is 17.2 Å². The van der Waals surface area contributed by atoms with E-state index in [2.05, 4.69) is 10.4 Å². The van der Waals surface area contributed by atoms with Crippen molar-refractivity contribution in [1.29, 1.82) is 0 Å². The Hall–Kier alpha value is -1.63. The Kier molecular flexibility index (Phi) is 4.59. The summed E-state index contributed by atoms with van der Waals surface area (Å²) in [5.41, 5.74) is 3.33. The first-order chi connectivity index (χ1) is 9.52. The topological polar surface area (TPSA) is 50.9 Å². The number of aromatic nitrogens is 1. The van der Waals surface area contributed by atoms with Crippen molar-refractivity contribution in [2.45, 2.75) is 12.5 Å². The van der Waals surface area contributed by atoms with Gasteiger partial charge in [0.15, 0.2) is 17.5 Å². The second-order valence-electron chi connectivity index (χ2n) is 4.19. The third-order valence-electron chi connectivity index (χ3n) is 2.89. The van der Waals surface area contributed by atoms with Crippen molar-refractivity contribution in [3.63, 3.8) is 0 Å². The van der Waals surface area contributed by atoms with Crippen molar-refractivity contribution >= 4 is 11.6 Å². The minimum absolute atomic E-state index is 0.191. The number of nitrogens with one attached hydrogen (secondary N) is 1. The summed E-state index contributed by atoms with van der Waals surface area (Å²) in [6.45, 7) is 0. The van der Waals surface area contributed by atoms with Gasteiger partial charge in [0.05, 0.1) is 11.1 Å². The van der Waals surface area contributed by atoms with Crippen LogP contribution in [0.4, 0.5) is 13.2 Å². The van der Waals surface area contributed by atoms with E-state index in [1.807, 2.05) is 0 Å². The molecule has 0 fully saturated rings. The maximum absolute atomic E-state index is 13.2. The highest BCUT2D eigenvalue weighted by molar-refractivity contribution is 6.31. The number of hydrogen-bond donors (Lipinski definition) is 2. The molecule has 0 aliphatic rings. The van der Waals surface area contributed by atoms with E-state index in [1.54, 1.807) is 12.3 Å². The minimum atomic E-state index is -1.51. The second kappa shape index (κ2) is 6.21. The van der Waals surface area contributed by atoms with Gasteiger partial charge in [-0.2, -0.15) is 0 Å². The lowest BCUT2D eigenvalue weighted by Crippen LogP contribution is -2.30. The van der Waals surface area contributed by atoms with Crippen LogP contribution in [-0.2, 0) is 6.42 Å². The average Bonchev–Trinajstić information content (AvgIpc) is 2.43. The fourth-order valence-corrected chi connectivity index (χ4v) is 2.04. The molecule has 1 heterocycles. The van der Waals surface area contributed by atoms with Gasteiger partial charge in [-0.3, -0.25) is 16.3 Å². The Morgan fingerprint density at radius 3 is 2.45 bits per heavy atom. The maximum Gasteiger partial charge on any atom is 0.194 e. The predicted molar refractivity (Wildman–Crippen MR) is 69.3 cm³/mol. The Labute approximate surface area is 118 Å². The first-order valence-corrected chi connectivity index (χ1v) is 6.09. The van der Waals surface area contributed by atoms with E-state index in [9.17, 15) is 13.2 Å². The van der Waals surface area contributed by atoms with Gasteiger partial charge in [-0.15, -0.1) is 0 Å². The number of halogens is 4. The standard InChI is InChI=1S/C13H11ClF3N3/c14-9-6-19-2-1-7(9)5-12(20-18)8-3-10(15)13(17)11(16)4-8/h1-4,6,12,20H,5,18H2. The molecule has 0 aliphatic heterocycles. The van der Waals surface area contributed by atoms with Crippen LogP contribution >= 0.6 is 11.6 Å². The molecule has 1 atom stereocenters. The fourth-order valence-electron chi connectivity index (χ4n) is 1.84. The summed E-state index contributed by atoms with van der Waals surface area (Å²) < 4.78 is 39.4. The number of hydrogen-bond acceptors (Lipinski definition) is 3. The van der Waals surface area contributed by atoms with E-state index < -0.39 is 23.5 Å². The summed E-state index contributed by atoms with van der Waals surface area (Å²) in [7, 11) is 0. The monoisotopic (exact) mass is 301 g/mol. The average molecular weight is 302 g/mol. The van der Waals surface area contributed by atoms with Gasteiger partial charge in [-0.05, 0) is 35.7 Å². The fraction of sp³-hybridized carbons (Fsp3) is 0.154. The van der Waals surface area contributed by atoms with Crippen molar-refractivity contribution < 1.29 is 13.2 Å². The number of nitrogens with zero attached hydrogens (tertiary/aromatic N) is 1. The molecule has 1 aromatic heterocycles. The van der Waals surface area contributed by atoms with E-state index in [-0.39, 0.29) is 12.0 Å². The number of nitrogens with two attached hydrogens (primary N) is 1. The van der Waals surface area contributed by atoms with E-state index in [0.717, 1.165) is 12.1 Å². The SMILES string of the molecule is NNC(Cc1ccncc1Cl)c1cc(F)c(F)c(F)c1. The molecule has 1 unspecified atom stereocenters. The van der Waals surface area contributed by atoms with Gasteiger partial charge in [0.25, 0.3) is 0 Å². The Bertz CT molecular complexity index is 599. The van der Waals surface area contributed by atoms with E-state index >= 15 is 0 Å². The van der Waals surface area contributed by atoms with Gasteiger partial charge in [-0.1, -0.05) is 11.6 Å². The normalized spacial score (nSPS) is 12.4. The van der Waals surface area contributed by atoms with Gasteiger partial charge in [0.2, 0.25) is 0 Å². The van der Waals surface area contributed by atoms with Gasteiger partial charge in [0.1, 0.15) is 0 Å². The zero-order chi connectivity index (χ0) is 14.7. The molecule has 0 saturated heterocycles. The molecule has 0 radical (unpaired) electrons. The molecule has 3 N–H and O–H groups in total. The van der Waals surface area contributed by atoms with Crippen LogP contribution in [0.5, 0.6) is 0 Å². The summed E-state index contributed by atoms with van der Waals surface area (Å²) in [4.78, 5) is 3.84. The van der Waals surface area contributed by atoms with Crippen molar-refractivity contribution in [2.75, 3.05) is 0 Å². The molecule has 0 spiro atoms. The van der Waals surface area contributed by atoms with Crippen LogP contribution < -0.4 is 11.3 Å². The molecule has 0 saturated carbocycles. The van der Waals surface area contributed by atoms with Gasteiger partial charge < -0.3 is 0 Å². The third kappa shape index (κ3) is 3.09. The number of benzene rings is 1. The predicted octanol–water partition coefficient (Wildman–Crippen LogP) is 2.90. The Morgan fingerprint density at radius 1 is 1.25 bits per heavy atom. The molecule has 106 valence electrons. The molecule has 20 heavy (non-hydrogen) atoms. The van der Waals surface area contributed by atoms with Crippen molar-refractivity contribution in [3.05, 3.63) is 64.2 Å². The Morgan fingerprint density at radius 2 is 1.90 bits per heavy atom. The molecule has 2 rings (SSSR count). The van der Waals surface area contributed by atoms with Crippen molar-refractivity contribution in [3.8, 4) is 0 Å². The molecule has 0 amide bonds. The number of hydrazine groups is 1. The summed E-state index contributed by atoms with van der Waals surface area (Å²) >= 11 is 5.96. The Balaban J connectivity index is 2.31. The molecule has 7 heteroatoms. The van der Waals surface area contributed by atoms with Crippen LogP contribution in [0.15, 0.2) is 30.6 Å². The quantitative estimate of drug-likeness (QED) is 0.519. The van der Waals surface area contributed by atoms with Gasteiger partial charge in [-0.25, -0.2) is 13.2 Å². The molecule has 0 bridgehead atoms. The summed E-state index contributed by atoms with van der Waals surface area (Å²) in [5, 5.41) is 0.413. The van der Waals surface area contributed by atoms with Crippen LogP contribution in [0.25, 0.3) is 0 Å². The highest BCUT2D eigenvalue weighted by Gasteiger charge is 2.18. The third-order valence-corrected chi connectivity index (χ3v) is 3.23. The number of rotatable bonds is 4. The van der Waals surface area contributed by atoms with Crippen LogP contribution in [0.3, 0.4) is 0 Å². The molecular formula is C13H11ClF3N3. The molecule has 3 nitrogen and oxygen atoms in total. The van der Waals surface area contributed by atoms with Crippen LogP contribution in [0, 0.1) is 17.5 Å². The minimum Gasteiger partial charge on any atom is -0.271 e.